The van der Waals surface area contributed by atoms with Crippen LogP contribution in [0.25, 0.3) is 0 Å². The molecule has 3 rings (SSSR count). The highest BCUT2D eigenvalue weighted by Crippen LogP contribution is 2.24. The predicted molar refractivity (Wildman–Crippen MR) is 129 cm³/mol. The second kappa shape index (κ2) is 11.3. The summed E-state index contributed by atoms with van der Waals surface area (Å²) in [7, 11) is 0. The summed E-state index contributed by atoms with van der Waals surface area (Å²) in [5.41, 5.74) is 6.49. The maximum Gasteiger partial charge on any atom is 0.358 e. The molecule has 2 aliphatic heterocycles. The largest absolute Gasteiger partial charge is 0.358 e. The number of rotatable bonds is 8. The number of aryl methyl sites for hydroxylation is 3. The fourth-order valence-electron chi connectivity index (χ4n) is 4.78. The van der Waals surface area contributed by atoms with Gasteiger partial charge in [-0.05, 0) is 57.2 Å². The molecule has 0 spiro atoms. The minimum Gasteiger partial charge on any atom is -0.344 e. The molecule has 2 N–H and O–H groups in total. The number of hydrazine groups is 2. The summed E-state index contributed by atoms with van der Waals surface area (Å²) in [6, 6.07) is 1.17. The van der Waals surface area contributed by atoms with Gasteiger partial charge in [0.1, 0.15) is 18.1 Å². The number of benzene rings is 1. The zero-order valence-corrected chi connectivity index (χ0v) is 21.1. The van der Waals surface area contributed by atoms with Crippen molar-refractivity contribution in [2.45, 2.75) is 71.9 Å². The van der Waals surface area contributed by atoms with Gasteiger partial charge in [0, 0.05) is 19.4 Å². The van der Waals surface area contributed by atoms with E-state index in [0.29, 0.717) is 12.7 Å². The van der Waals surface area contributed by atoms with Gasteiger partial charge >= 0.3 is 6.03 Å². The maximum atomic E-state index is 13.5. The molecule has 11 heteroatoms. The lowest BCUT2D eigenvalue weighted by Gasteiger charge is -2.43. The van der Waals surface area contributed by atoms with E-state index >= 15 is 0 Å². The number of hydrogen-bond acceptors (Lipinski definition) is 6. The summed E-state index contributed by atoms with van der Waals surface area (Å²) in [6.07, 6.45) is 1.06. The minimum atomic E-state index is -1.07. The Hall–Kier alpha value is -3.76. The Kier molecular flexibility index (Phi) is 8.44. The van der Waals surface area contributed by atoms with Crippen LogP contribution in [0.5, 0.6) is 0 Å². The van der Waals surface area contributed by atoms with Crippen LogP contribution in [0.2, 0.25) is 0 Å². The van der Waals surface area contributed by atoms with E-state index < -0.39 is 29.9 Å². The predicted octanol–water partition coefficient (Wildman–Crippen LogP) is 0.882. The normalized spacial score (nSPS) is 18.8. The molecule has 2 fully saturated rings. The minimum absolute atomic E-state index is 0.0270. The molecule has 2 atom stereocenters. The molecule has 0 aromatic heterocycles. The Balaban J connectivity index is 1.78. The van der Waals surface area contributed by atoms with E-state index in [4.69, 9.17) is 0 Å². The number of carbonyl (C=O) groups excluding carboxylic acids is 6. The molecule has 2 aliphatic rings. The first kappa shape index (κ1) is 26.8. The van der Waals surface area contributed by atoms with Crippen molar-refractivity contribution in [3.63, 3.8) is 0 Å². The van der Waals surface area contributed by atoms with E-state index in [1.165, 1.54) is 11.9 Å². The Morgan fingerprint density at radius 1 is 1.11 bits per heavy atom. The van der Waals surface area contributed by atoms with E-state index in [0.717, 1.165) is 32.3 Å². The second-order valence-corrected chi connectivity index (χ2v) is 9.45. The number of aldehydes is 1. The number of urea groups is 1. The van der Waals surface area contributed by atoms with Gasteiger partial charge in [-0.25, -0.2) is 19.8 Å². The summed E-state index contributed by atoms with van der Waals surface area (Å²) >= 11 is 0. The summed E-state index contributed by atoms with van der Waals surface area (Å²) in [4.78, 5) is 74.9. The van der Waals surface area contributed by atoms with Crippen LogP contribution in [-0.4, -0.2) is 76.0 Å². The summed E-state index contributed by atoms with van der Waals surface area (Å²) in [5.74, 6) is -1.68. The molecule has 5 amide bonds. The molecule has 0 aliphatic carbocycles. The molecule has 0 radical (unpaired) electrons. The number of carbonyl (C=O) groups is 6. The number of Topliss-reactive ketones (excluding diaryl/α,β-unsaturated/α-hetero) is 1. The zero-order chi connectivity index (χ0) is 26.6. The van der Waals surface area contributed by atoms with E-state index in [1.54, 1.807) is 0 Å². The molecule has 1 aromatic rings. The third kappa shape index (κ3) is 6.07. The SMILES string of the molecule is CC(=O)CC(C=O)NC(=O)C1CCCN2C(=O)CCN(NC(=O)Cc3c(C)cc(C)cc3C)C(=O)N12. The van der Waals surface area contributed by atoms with Crippen molar-refractivity contribution < 1.29 is 28.8 Å². The van der Waals surface area contributed by atoms with E-state index in [-0.39, 0.29) is 50.5 Å². The lowest BCUT2D eigenvalue weighted by molar-refractivity contribution is -0.155. The molecule has 0 saturated carbocycles. The van der Waals surface area contributed by atoms with Crippen molar-refractivity contribution >= 4 is 35.8 Å². The third-order valence-electron chi connectivity index (χ3n) is 6.41. The first-order chi connectivity index (χ1) is 17.0. The smallest absolute Gasteiger partial charge is 0.344 e. The van der Waals surface area contributed by atoms with Gasteiger partial charge in [-0.2, -0.15) is 0 Å². The molecule has 2 heterocycles. The van der Waals surface area contributed by atoms with Crippen LogP contribution in [0.15, 0.2) is 12.1 Å². The van der Waals surface area contributed by atoms with Crippen molar-refractivity contribution in [1.29, 1.82) is 0 Å². The Bertz CT molecular complexity index is 1060. The molecular weight excluding hydrogens is 466 g/mol. The van der Waals surface area contributed by atoms with Crippen LogP contribution in [0.1, 0.15) is 54.9 Å². The molecule has 11 nitrogen and oxygen atoms in total. The number of fused-ring (bicyclic) bond motifs is 1. The van der Waals surface area contributed by atoms with Crippen LogP contribution in [0.4, 0.5) is 4.79 Å². The highest BCUT2D eigenvalue weighted by Gasteiger charge is 2.44. The van der Waals surface area contributed by atoms with Crippen LogP contribution >= 0.6 is 0 Å². The van der Waals surface area contributed by atoms with E-state index in [1.807, 2.05) is 32.9 Å². The standard InChI is InChI=1S/C25H33N5O6/c1-15-10-16(2)20(17(3)11-15)13-22(33)27-28-9-7-23(34)29-8-5-6-21(30(29)25(28)36)24(35)26-19(14-31)12-18(4)32/h10-11,14,19,21H,5-9,12-13H2,1-4H3,(H,26,35)(H,27,33). The fraction of sp³-hybridized carbons (Fsp3) is 0.520. The lowest BCUT2D eigenvalue weighted by Crippen LogP contribution is -2.64. The Morgan fingerprint density at radius 3 is 2.39 bits per heavy atom. The lowest BCUT2D eigenvalue weighted by atomic mass is 9.97. The van der Waals surface area contributed by atoms with Crippen molar-refractivity contribution in [2.24, 2.45) is 0 Å². The maximum absolute atomic E-state index is 13.5. The van der Waals surface area contributed by atoms with Gasteiger partial charge in [-0.1, -0.05) is 17.7 Å². The number of nitrogens with zero attached hydrogens (tertiary/aromatic N) is 3. The van der Waals surface area contributed by atoms with Gasteiger partial charge in [-0.15, -0.1) is 0 Å². The van der Waals surface area contributed by atoms with Crippen molar-refractivity contribution in [2.75, 3.05) is 13.1 Å². The monoisotopic (exact) mass is 499 g/mol. The van der Waals surface area contributed by atoms with Crippen molar-refractivity contribution in [3.8, 4) is 0 Å². The van der Waals surface area contributed by atoms with Crippen molar-refractivity contribution in [1.82, 2.24) is 25.8 Å². The highest BCUT2D eigenvalue weighted by molar-refractivity contribution is 5.93. The Morgan fingerprint density at radius 2 is 1.78 bits per heavy atom. The summed E-state index contributed by atoms with van der Waals surface area (Å²) < 4.78 is 0. The van der Waals surface area contributed by atoms with Gasteiger partial charge in [-0.3, -0.25) is 24.6 Å². The third-order valence-corrected chi connectivity index (χ3v) is 6.41. The van der Waals surface area contributed by atoms with Crippen LogP contribution < -0.4 is 10.7 Å². The van der Waals surface area contributed by atoms with Gasteiger partial charge in [0.2, 0.25) is 17.7 Å². The molecule has 36 heavy (non-hydrogen) atoms. The van der Waals surface area contributed by atoms with Crippen LogP contribution in [-0.2, 0) is 30.4 Å². The van der Waals surface area contributed by atoms with Crippen molar-refractivity contribution in [3.05, 3.63) is 34.4 Å². The first-order valence-corrected chi connectivity index (χ1v) is 12.0. The van der Waals surface area contributed by atoms with Gasteiger partial charge in [0.15, 0.2) is 0 Å². The fourth-order valence-corrected chi connectivity index (χ4v) is 4.78. The quantitative estimate of drug-likeness (QED) is 0.510. The van der Waals surface area contributed by atoms with Crippen LogP contribution in [0, 0.1) is 20.8 Å². The van der Waals surface area contributed by atoms with Gasteiger partial charge in [0.25, 0.3) is 0 Å². The first-order valence-electron chi connectivity index (χ1n) is 12.0. The summed E-state index contributed by atoms with van der Waals surface area (Å²) in [5, 5.41) is 5.86. The molecular formula is C25H33N5O6. The molecule has 1 aromatic carbocycles. The summed E-state index contributed by atoms with van der Waals surface area (Å²) in [6.45, 7) is 7.34. The number of hydrogen-bond donors (Lipinski definition) is 2. The molecule has 2 unspecified atom stereocenters. The Labute approximate surface area is 210 Å². The van der Waals surface area contributed by atoms with E-state index in [2.05, 4.69) is 10.7 Å². The van der Waals surface area contributed by atoms with Crippen LogP contribution in [0.3, 0.4) is 0 Å². The molecule has 2 saturated heterocycles. The molecule has 0 bridgehead atoms. The average molecular weight is 500 g/mol. The second-order valence-electron chi connectivity index (χ2n) is 9.45. The van der Waals surface area contributed by atoms with Gasteiger partial charge in [0.05, 0.1) is 19.0 Å². The zero-order valence-electron chi connectivity index (χ0n) is 21.1. The topological polar surface area (TPSA) is 136 Å². The van der Waals surface area contributed by atoms with E-state index in [9.17, 15) is 28.8 Å². The van der Waals surface area contributed by atoms with Gasteiger partial charge < -0.3 is 10.1 Å². The number of ketones is 1. The number of amides is 5. The number of nitrogens with one attached hydrogen (secondary N) is 2. The highest BCUT2D eigenvalue weighted by atomic mass is 16.2. The molecule has 194 valence electrons. The average Bonchev–Trinajstić information content (AvgIpc) is 2.92.